The molecule has 0 atom stereocenters. The van der Waals surface area contributed by atoms with Gasteiger partial charge in [-0.3, -0.25) is 19.2 Å². The smallest absolute Gasteiger partial charge is 0.294 e. The van der Waals surface area contributed by atoms with Crippen LogP contribution in [-0.2, 0) is 32.0 Å². The summed E-state index contributed by atoms with van der Waals surface area (Å²) in [4.78, 5) is 53.5. The normalized spacial score (nSPS) is 13.7. The summed E-state index contributed by atoms with van der Waals surface area (Å²) in [6.07, 6.45) is 2.19. The molecule has 1 aliphatic heterocycles. The van der Waals surface area contributed by atoms with E-state index in [0.717, 1.165) is 12.2 Å². The molecule has 2 amide bonds. The van der Waals surface area contributed by atoms with Gasteiger partial charge in [-0.1, -0.05) is 72.8 Å². The fourth-order valence-corrected chi connectivity index (χ4v) is 5.37. The number of rotatable bonds is 10. The van der Waals surface area contributed by atoms with Crippen LogP contribution in [0.3, 0.4) is 0 Å². The van der Waals surface area contributed by atoms with Gasteiger partial charge < -0.3 is 20.0 Å². The number of aliphatic hydroxyl groups is 2. The van der Waals surface area contributed by atoms with Crippen molar-refractivity contribution in [2.75, 3.05) is 26.2 Å². The Hall–Kier alpha value is -5.90. The molecular formula is C38H32F2N2O6. The number of ketones is 2. The molecule has 1 heterocycles. The molecule has 4 aromatic rings. The van der Waals surface area contributed by atoms with E-state index in [2.05, 4.69) is 0 Å². The van der Waals surface area contributed by atoms with Crippen LogP contribution in [0.4, 0.5) is 8.78 Å². The molecule has 48 heavy (non-hydrogen) atoms. The summed E-state index contributed by atoms with van der Waals surface area (Å²) in [5, 5.41) is 21.1. The maximum Gasteiger partial charge on any atom is 0.294 e. The molecule has 0 aromatic heterocycles. The Labute approximate surface area is 275 Å². The molecule has 1 aliphatic rings. The van der Waals surface area contributed by atoms with Crippen molar-refractivity contribution >= 4 is 34.9 Å². The van der Waals surface area contributed by atoms with Gasteiger partial charge in [0.05, 0.1) is 0 Å². The maximum absolute atomic E-state index is 14.1. The number of amides is 2. The zero-order valence-corrected chi connectivity index (χ0v) is 25.8. The predicted octanol–water partition coefficient (Wildman–Crippen LogP) is 5.45. The van der Waals surface area contributed by atoms with Crippen molar-refractivity contribution in [3.63, 3.8) is 0 Å². The van der Waals surface area contributed by atoms with Crippen LogP contribution in [0.1, 0.15) is 33.4 Å². The third-order valence-electron chi connectivity index (χ3n) is 7.96. The highest BCUT2D eigenvalue weighted by Crippen LogP contribution is 2.20. The van der Waals surface area contributed by atoms with Gasteiger partial charge in [-0.05, 0) is 46.5 Å². The SMILES string of the molecule is O=C(/C=C(\O)c1cccc(Cc2ccccc2F)c1)C(=O)N1CCN(C(=O)C(=O)/C=C(/O)c2cccc(Cc3ccccc3F)c2)CC1. The zero-order valence-electron chi connectivity index (χ0n) is 25.8. The zero-order chi connectivity index (χ0) is 34.2. The van der Waals surface area contributed by atoms with Crippen LogP contribution in [0.15, 0.2) is 109 Å². The lowest BCUT2D eigenvalue weighted by molar-refractivity contribution is -0.147. The van der Waals surface area contributed by atoms with Gasteiger partial charge in [0.25, 0.3) is 11.8 Å². The van der Waals surface area contributed by atoms with Crippen molar-refractivity contribution in [1.82, 2.24) is 9.80 Å². The van der Waals surface area contributed by atoms with Gasteiger partial charge in [0, 0.05) is 62.3 Å². The second-order valence-electron chi connectivity index (χ2n) is 11.3. The van der Waals surface area contributed by atoms with Crippen LogP contribution < -0.4 is 0 Å². The van der Waals surface area contributed by atoms with E-state index in [1.165, 1.54) is 21.9 Å². The number of hydrogen-bond acceptors (Lipinski definition) is 6. The molecule has 4 aromatic carbocycles. The average molecular weight is 651 g/mol. The van der Waals surface area contributed by atoms with Crippen molar-refractivity contribution in [1.29, 1.82) is 0 Å². The summed E-state index contributed by atoms with van der Waals surface area (Å²) in [7, 11) is 0. The Balaban J connectivity index is 1.15. The molecule has 0 saturated carbocycles. The first kappa shape index (κ1) is 33.5. The minimum absolute atomic E-state index is 0.0237. The molecule has 1 saturated heterocycles. The average Bonchev–Trinajstić information content (AvgIpc) is 3.10. The number of benzene rings is 4. The van der Waals surface area contributed by atoms with Crippen LogP contribution in [0, 0.1) is 11.6 Å². The van der Waals surface area contributed by atoms with Crippen LogP contribution >= 0.6 is 0 Å². The van der Waals surface area contributed by atoms with Crippen molar-refractivity contribution in [3.8, 4) is 0 Å². The Kier molecular flexibility index (Phi) is 10.5. The summed E-state index contributed by atoms with van der Waals surface area (Å²) in [6, 6.07) is 25.8. The minimum atomic E-state index is -0.965. The van der Waals surface area contributed by atoms with Gasteiger partial charge in [0.1, 0.15) is 23.2 Å². The lowest BCUT2D eigenvalue weighted by Crippen LogP contribution is -2.53. The van der Waals surface area contributed by atoms with Crippen LogP contribution in [0.2, 0.25) is 0 Å². The lowest BCUT2D eigenvalue weighted by Gasteiger charge is -2.33. The number of aliphatic hydroxyl groups excluding tert-OH is 2. The van der Waals surface area contributed by atoms with E-state index in [-0.39, 0.29) is 61.8 Å². The molecule has 1 fully saturated rings. The van der Waals surface area contributed by atoms with Gasteiger partial charge in [0.15, 0.2) is 0 Å². The van der Waals surface area contributed by atoms with Crippen molar-refractivity contribution in [2.24, 2.45) is 0 Å². The van der Waals surface area contributed by atoms with E-state index in [0.29, 0.717) is 22.3 Å². The lowest BCUT2D eigenvalue weighted by atomic mass is 10.0. The molecule has 2 N–H and O–H groups in total. The number of nitrogens with zero attached hydrogens (tertiary/aromatic N) is 2. The number of carbonyl (C=O) groups is 4. The highest BCUT2D eigenvalue weighted by atomic mass is 19.1. The van der Waals surface area contributed by atoms with Gasteiger partial charge in [-0.15, -0.1) is 0 Å². The number of hydrogen-bond donors (Lipinski definition) is 2. The molecular weight excluding hydrogens is 618 g/mol. The first-order chi connectivity index (χ1) is 23.1. The summed E-state index contributed by atoms with van der Waals surface area (Å²) >= 11 is 0. The van der Waals surface area contributed by atoms with Crippen molar-refractivity contribution < 1.29 is 38.2 Å². The highest BCUT2D eigenvalue weighted by molar-refractivity contribution is 6.42. The summed E-state index contributed by atoms with van der Waals surface area (Å²) in [5.74, 6) is -5.25. The third-order valence-corrected chi connectivity index (χ3v) is 7.96. The predicted molar refractivity (Wildman–Crippen MR) is 176 cm³/mol. The Bertz CT molecular complexity index is 1790. The second kappa shape index (κ2) is 15.1. The fourth-order valence-electron chi connectivity index (χ4n) is 5.37. The van der Waals surface area contributed by atoms with Crippen molar-refractivity contribution in [3.05, 3.63) is 154 Å². The molecule has 8 nitrogen and oxygen atoms in total. The third kappa shape index (κ3) is 8.27. The van der Waals surface area contributed by atoms with E-state index in [1.807, 2.05) is 0 Å². The van der Waals surface area contributed by atoms with E-state index < -0.39 is 34.9 Å². The second-order valence-corrected chi connectivity index (χ2v) is 11.3. The first-order valence-electron chi connectivity index (χ1n) is 15.2. The molecule has 5 rings (SSSR count). The topological polar surface area (TPSA) is 115 Å². The monoisotopic (exact) mass is 650 g/mol. The Morgan fingerprint density at radius 3 is 1.31 bits per heavy atom. The maximum atomic E-state index is 14.1. The number of carbonyl (C=O) groups excluding carboxylic acids is 4. The highest BCUT2D eigenvalue weighted by Gasteiger charge is 2.29. The Morgan fingerprint density at radius 2 is 0.938 bits per heavy atom. The number of piperazine rings is 1. The minimum Gasteiger partial charge on any atom is -0.507 e. The molecule has 0 bridgehead atoms. The standard InChI is InChI=1S/C38H32F2N2O6/c39-31-13-3-1-9-27(31)19-25-7-5-11-29(21-25)33(43)23-35(45)37(47)41-15-17-42(18-16-41)38(48)36(46)24-34(44)30-12-6-8-26(22-30)20-28-10-2-4-14-32(28)40/h1-14,21-24,43-44H,15-20H2/b33-23-,34-24+. The quantitative estimate of drug-likeness (QED) is 0.134. The van der Waals surface area contributed by atoms with E-state index in [4.69, 9.17) is 0 Å². The molecule has 0 spiro atoms. The molecule has 244 valence electrons. The summed E-state index contributed by atoms with van der Waals surface area (Å²) in [6.45, 7) is -0.0948. The molecule has 0 aliphatic carbocycles. The summed E-state index contributed by atoms with van der Waals surface area (Å²) in [5.41, 5.74) is 2.91. The van der Waals surface area contributed by atoms with E-state index >= 15 is 0 Å². The van der Waals surface area contributed by atoms with Gasteiger partial charge in [-0.25, -0.2) is 8.78 Å². The number of halogens is 2. The summed E-state index contributed by atoms with van der Waals surface area (Å²) < 4.78 is 28.1. The van der Waals surface area contributed by atoms with Gasteiger partial charge in [-0.2, -0.15) is 0 Å². The Morgan fingerprint density at radius 1 is 0.562 bits per heavy atom. The molecule has 10 heteroatoms. The first-order valence-corrected chi connectivity index (χ1v) is 15.2. The van der Waals surface area contributed by atoms with Gasteiger partial charge in [0.2, 0.25) is 11.6 Å². The van der Waals surface area contributed by atoms with Crippen LogP contribution in [0.5, 0.6) is 0 Å². The van der Waals surface area contributed by atoms with Crippen molar-refractivity contribution in [2.45, 2.75) is 12.8 Å². The largest absolute Gasteiger partial charge is 0.507 e. The van der Waals surface area contributed by atoms with E-state index in [9.17, 15) is 38.2 Å². The van der Waals surface area contributed by atoms with E-state index in [1.54, 1.807) is 84.9 Å². The fraction of sp³-hybridized carbons (Fsp3) is 0.158. The van der Waals surface area contributed by atoms with Crippen LogP contribution in [0.25, 0.3) is 11.5 Å². The molecule has 0 radical (unpaired) electrons. The van der Waals surface area contributed by atoms with Crippen LogP contribution in [-0.4, -0.2) is 69.6 Å². The van der Waals surface area contributed by atoms with Gasteiger partial charge >= 0.3 is 0 Å². The molecule has 0 unspecified atom stereocenters.